The van der Waals surface area contributed by atoms with Crippen LogP contribution in [-0.2, 0) is 4.79 Å². The second kappa shape index (κ2) is 7.08. The number of hydrogen-bond donors (Lipinski definition) is 1. The lowest BCUT2D eigenvalue weighted by atomic mass is 10.0. The van der Waals surface area contributed by atoms with Gasteiger partial charge in [0.1, 0.15) is 12.4 Å². The van der Waals surface area contributed by atoms with Crippen LogP contribution in [0.25, 0.3) is 10.4 Å². The van der Waals surface area contributed by atoms with Crippen LogP contribution in [0.3, 0.4) is 0 Å². The summed E-state index contributed by atoms with van der Waals surface area (Å²) < 4.78 is 5.42. The van der Waals surface area contributed by atoms with Gasteiger partial charge < -0.3 is 9.84 Å². The van der Waals surface area contributed by atoms with E-state index in [0.29, 0.717) is 17.9 Å². The maximum absolute atomic E-state index is 10.7. The van der Waals surface area contributed by atoms with Crippen LogP contribution < -0.4 is 4.74 Å². The molecule has 6 nitrogen and oxygen atoms in total. The van der Waals surface area contributed by atoms with Crippen molar-refractivity contribution in [3.63, 3.8) is 0 Å². The Balaban J connectivity index is 2.79. The molecule has 1 aromatic rings. The van der Waals surface area contributed by atoms with Crippen molar-refractivity contribution in [2.75, 3.05) is 6.61 Å². The molecule has 0 amide bonds. The Kier molecular flexibility index (Phi) is 5.44. The van der Waals surface area contributed by atoms with E-state index in [0.717, 1.165) is 5.57 Å². The zero-order valence-electron chi connectivity index (χ0n) is 10.6. The summed E-state index contributed by atoms with van der Waals surface area (Å²) >= 11 is 0. The number of aliphatic carboxylic acids is 1. The van der Waals surface area contributed by atoms with Gasteiger partial charge in [0.25, 0.3) is 0 Å². The molecule has 0 bridgehead atoms. The SMILES string of the molecule is C=C(C)COc1ccc(C(CC(=O)O)N=[N+]=[N-])cc1. The third kappa shape index (κ3) is 5.14. The van der Waals surface area contributed by atoms with Gasteiger partial charge in [0.05, 0.1) is 12.5 Å². The molecule has 1 atom stereocenters. The van der Waals surface area contributed by atoms with E-state index in [9.17, 15) is 4.79 Å². The zero-order chi connectivity index (χ0) is 14.3. The molecule has 0 saturated carbocycles. The molecule has 0 aliphatic carbocycles. The molecule has 1 N–H and O–H groups in total. The monoisotopic (exact) mass is 261 g/mol. The van der Waals surface area contributed by atoms with E-state index in [2.05, 4.69) is 16.6 Å². The summed E-state index contributed by atoms with van der Waals surface area (Å²) in [5, 5.41) is 12.2. The standard InChI is InChI=1S/C13H15N3O3/c1-9(2)8-19-11-5-3-10(4-6-11)12(15-16-14)7-13(17)18/h3-6,12H,1,7-8H2,2H3,(H,17,18). The predicted molar refractivity (Wildman–Crippen MR) is 70.9 cm³/mol. The van der Waals surface area contributed by atoms with Crippen LogP contribution in [0.2, 0.25) is 0 Å². The quantitative estimate of drug-likeness (QED) is 0.352. The van der Waals surface area contributed by atoms with Crippen molar-refractivity contribution in [3.8, 4) is 5.75 Å². The van der Waals surface area contributed by atoms with Crippen LogP contribution >= 0.6 is 0 Å². The Hall–Kier alpha value is -2.46. The third-order valence-electron chi connectivity index (χ3n) is 2.31. The minimum atomic E-state index is -1.01. The van der Waals surface area contributed by atoms with Gasteiger partial charge in [-0.05, 0) is 35.7 Å². The first-order valence-corrected chi connectivity index (χ1v) is 5.66. The van der Waals surface area contributed by atoms with Gasteiger partial charge in [-0.2, -0.15) is 0 Å². The number of benzene rings is 1. The lowest BCUT2D eigenvalue weighted by Gasteiger charge is -2.10. The van der Waals surface area contributed by atoms with Crippen molar-refractivity contribution in [2.45, 2.75) is 19.4 Å². The van der Waals surface area contributed by atoms with Crippen molar-refractivity contribution in [1.29, 1.82) is 0 Å². The number of carbonyl (C=O) groups is 1. The second-order valence-electron chi connectivity index (χ2n) is 4.13. The molecule has 0 saturated heterocycles. The van der Waals surface area contributed by atoms with Crippen molar-refractivity contribution in [3.05, 3.63) is 52.4 Å². The van der Waals surface area contributed by atoms with Crippen molar-refractivity contribution in [1.82, 2.24) is 0 Å². The Labute approximate surface area is 110 Å². The molecule has 6 heteroatoms. The number of nitrogens with zero attached hydrogens (tertiary/aromatic N) is 3. The summed E-state index contributed by atoms with van der Waals surface area (Å²) in [6, 6.07) is 6.09. The van der Waals surface area contributed by atoms with Gasteiger partial charge in [-0.15, -0.1) is 0 Å². The van der Waals surface area contributed by atoms with E-state index >= 15 is 0 Å². The molecule has 100 valence electrons. The third-order valence-corrected chi connectivity index (χ3v) is 2.31. The first-order chi connectivity index (χ1) is 9.02. The molecule has 1 rings (SSSR count). The molecular weight excluding hydrogens is 246 g/mol. The molecule has 19 heavy (non-hydrogen) atoms. The van der Waals surface area contributed by atoms with E-state index < -0.39 is 12.0 Å². The van der Waals surface area contributed by atoms with Gasteiger partial charge in [0.15, 0.2) is 0 Å². The molecular formula is C13H15N3O3. The summed E-state index contributed by atoms with van der Waals surface area (Å²) in [6.07, 6.45) is -0.240. The fourth-order valence-electron chi connectivity index (χ4n) is 1.45. The highest BCUT2D eigenvalue weighted by Gasteiger charge is 2.13. The Morgan fingerprint density at radius 3 is 2.63 bits per heavy atom. The molecule has 1 unspecified atom stereocenters. The average Bonchev–Trinajstić information content (AvgIpc) is 2.36. The van der Waals surface area contributed by atoms with Crippen LogP contribution in [0.1, 0.15) is 24.9 Å². The van der Waals surface area contributed by atoms with E-state index in [-0.39, 0.29) is 6.42 Å². The number of carboxylic acid groups (broad SMARTS) is 1. The van der Waals surface area contributed by atoms with Gasteiger partial charge in [0.2, 0.25) is 0 Å². The van der Waals surface area contributed by atoms with Crippen LogP contribution in [0.15, 0.2) is 41.5 Å². The van der Waals surface area contributed by atoms with E-state index in [1.54, 1.807) is 24.3 Å². The topological polar surface area (TPSA) is 95.3 Å². The summed E-state index contributed by atoms with van der Waals surface area (Å²) in [6.45, 7) is 6.01. The van der Waals surface area contributed by atoms with Crippen molar-refractivity contribution >= 4 is 5.97 Å². The number of azide groups is 1. The first kappa shape index (κ1) is 14.6. The maximum atomic E-state index is 10.7. The summed E-state index contributed by atoms with van der Waals surface area (Å²) in [5.41, 5.74) is 9.99. The molecule has 0 aliphatic rings. The highest BCUT2D eigenvalue weighted by molar-refractivity contribution is 5.68. The first-order valence-electron chi connectivity index (χ1n) is 5.66. The van der Waals surface area contributed by atoms with Crippen molar-refractivity contribution < 1.29 is 14.6 Å². The van der Waals surface area contributed by atoms with Gasteiger partial charge in [-0.25, -0.2) is 0 Å². The summed E-state index contributed by atoms with van der Waals surface area (Å²) in [7, 11) is 0. The number of hydrogen-bond acceptors (Lipinski definition) is 3. The Bertz CT molecular complexity index is 504. The van der Waals surface area contributed by atoms with Crippen LogP contribution in [0.5, 0.6) is 5.75 Å². The van der Waals surface area contributed by atoms with Crippen LogP contribution in [-0.4, -0.2) is 17.7 Å². The van der Waals surface area contributed by atoms with Gasteiger partial charge in [0, 0.05) is 4.91 Å². The highest BCUT2D eigenvalue weighted by atomic mass is 16.5. The zero-order valence-corrected chi connectivity index (χ0v) is 10.6. The number of ether oxygens (including phenoxy) is 1. The highest BCUT2D eigenvalue weighted by Crippen LogP contribution is 2.24. The average molecular weight is 261 g/mol. The molecule has 0 aromatic heterocycles. The minimum Gasteiger partial charge on any atom is -0.489 e. The second-order valence-corrected chi connectivity index (χ2v) is 4.13. The lowest BCUT2D eigenvalue weighted by molar-refractivity contribution is -0.137. The largest absolute Gasteiger partial charge is 0.489 e. The minimum absolute atomic E-state index is 0.240. The number of rotatable bonds is 7. The normalized spacial score (nSPS) is 11.2. The molecule has 0 fully saturated rings. The Morgan fingerprint density at radius 2 is 2.16 bits per heavy atom. The van der Waals surface area contributed by atoms with Gasteiger partial charge in [-0.1, -0.05) is 23.8 Å². The molecule has 1 aromatic carbocycles. The smallest absolute Gasteiger partial charge is 0.304 e. The number of carboxylic acids is 1. The summed E-state index contributed by atoms with van der Waals surface area (Å²) in [4.78, 5) is 13.4. The van der Waals surface area contributed by atoms with Gasteiger partial charge >= 0.3 is 5.97 Å². The van der Waals surface area contributed by atoms with Crippen LogP contribution in [0.4, 0.5) is 0 Å². The fourth-order valence-corrected chi connectivity index (χ4v) is 1.45. The molecule has 0 heterocycles. The fraction of sp³-hybridized carbons (Fsp3) is 0.308. The van der Waals surface area contributed by atoms with Gasteiger partial charge in [-0.3, -0.25) is 4.79 Å². The summed E-state index contributed by atoms with van der Waals surface area (Å²) in [5.74, 6) is -0.359. The Morgan fingerprint density at radius 1 is 1.53 bits per heavy atom. The maximum Gasteiger partial charge on any atom is 0.304 e. The predicted octanol–water partition coefficient (Wildman–Crippen LogP) is 3.47. The lowest BCUT2D eigenvalue weighted by Crippen LogP contribution is -2.04. The van der Waals surface area contributed by atoms with Crippen LogP contribution in [0, 0.1) is 0 Å². The molecule has 0 aliphatic heterocycles. The molecule has 0 spiro atoms. The van der Waals surface area contributed by atoms with E-state index in [4.69, 9.17) is 15.4 Å². The molecule has 0 radical (unpaired) electrons. The van der Waals surface area contributed by atoms with E-state index in [1.807, 2.05) is 6.92 Å². The van der Waals surface area contributed by atoms with E-state index in [1.165, 1.54) is 0 Å². The van der Waals surface area contributed by atoms with Crippen molar-refractivity contribution in [2.24, 2.45) is 5.11 Å².